The second-order valence-corrected chi connectivity index (χ2v) is 7.76. The van der Waals surface area contributed by atoms with Gasteiger partial charge in [-0.05, 0) is 36.4 Å². The SMILES string of the molecule is O=C(c1ccc(Oc2nccnc2N2CCOCC2)cc1)c1nc2ccccc2s1. The van der Waals surface area contributed by atoms with Crippen molar-refractivity contribution in [3.63, 3.8) is 0 Å². The Morgan fingerprint density at radius 3 is 2.57 bits per heavy atom. The zero-order valence-electron chi connectivity index (χ0n) is 16.0. The van der Waals surface area contributed by atoms with Gasteiger partial charge in [0.05, 0.1) is 23.4 Å². The third-order valence-corrected chi connectivity index (χ3v) is 5.81. The molecule has 8 heteroatoms. The van der Waals surface area contributed by atoms with Crippen LogP contribution in [0.15, 0.2) is 60.9 Å². The van der Waals surface area contributed by atoms with E-state index in [0.717, 1.165) is 23.3 Å². The predicted molar refractivity (Wildman–Crippen MR) is 115 cm³/mol. The molecule has 7 nitrogen and oxygen atoms in total. The molecule has 1 saturated heterocycles. The van der Waals surface area contributed by atoms with Crippen molar-refractivity contribution in [1.29, 1.82) is 0 Å². The number of morpholine rings is 1. The number of thiazole rings is 1. The quantitative estimate of drug-likeness (QED) is 0.454. The number of ether oxygens (including phenoxy) is 2. The van der Waals surface area contributed by atoms with Crippen LogP contribution in [0.3, 0.4) is 0 Å². The number of hydrogen-bond acceptors (Lipinski definition) is 8. The first-order chi connectivity index (χ1) is 14.8. The Labute approximate surface area is 176 Å². The van der Waals surface area contributed by atoms with Gasteiger partial charge in [0.2, 0.25) is 5.78 Å². The van der Waals surface area contributed by atoms with Crippen LogP contribution < -0.4 is 9.64 Å². The second kappa shape index (κ2) is 8.17. The maximum absolute atomic E-state index is 12.8. The van der Waals surface area contributed by atoms with Crippen molar-refractivity contribution >= 4 is 33.2 Å². The summed E-state index contributed by atoms with van der Waals surface area (Å²) in [6.07, 6.45) is 3.25. The summed E-state index contributed by atoms with van der Waals surface area (Å²) in [5.41, 5.74) is 1.40. The minimum absolute atomic E-state index is 0.101. The first-order valence-corrected chi connectivity index (χ1v) is 10.4. The van der Waals surface area contributed by atoms with Crippen LogP contribution in [0, 0.1) is 0 Å². The molecule has 150 valence electrons. The average molecular weight is 418 g/mol. The number of aromatic nitrogens is 3. The number of hydrogen-bond donors (Lipinski definition) is 0. The highest BCUT2D eigenvalue weighted by molar-refractivity contribution is 7.20. The van der Waals surface area contributed by atoms with Crippen molar-refractivity contribution in [3.8, 4) is 11.6 Å². The van der Waals surface area contributed by atoms with Crippen LogP contribution in [-0.4, -0.2) is 47.0 Å². The van der Waals surface area contributed by atoms with Gasteiger partial charge in [-0.25, -0.2) is 15.0 Å². The first kappa shape index (κ1) is 18.7. The standard InChI is InChI=1S/C22H18N4O3S/c27-19(22-25-17-3-1-2-4-18(17)30-22)15-5-7-16(8-6-15)29-21-20(23-9-10-24-21)26-11-13-28-14-12-26/h1-10H,11-14H2. The van der Waals surface area contributed by atoms with Gasteiger partial charge in [0.15, 0.2) is 10.8 Å². The highest BCUT2D eigenvalue weighted by atomic mass is 32.1. The molecule has 2 aromatic heterocycles. The molecule has 1 aliphatic heterocycles. The first-order valence-electron chi connectivity index (χ1n) is 9.60. The molecule has 0 aliphatic carbocycles. The summed E-state index contributed by atoms with van der Waals surface area (Å²) in [6.45, 7) is 2.78. The van der Waals surface area contributed by atoms with Gasteiger partial charge in [0.25, 0.3) is 5.88 Å². The summed E-state index contributed by atoms with van der Waals surface area (Å²) in [4.78, 5) is 28.1. The molecule has 30 heavy (non-hydrogen) atoms. The zero-order chi connectivity index (χ0) is 20.3. The van der Waals surface area contributed by atoms with Crippen LogP contribution in [0.4, 0.5) is 5.82 Å². The van der Waals surface area contributed by atoms with E-state index in [1.807, 2.05) is 24.3 Å². The number of benzene rings is 2. The average Bonchev–Trinajstić information content (AvgIpc) is 3.24. The van der Waals surface area contributed by atoms with Gasteiger partial charge in [-0.15, -0.1) is 11.3 Å². The van der Waals surface area contributed by atoms with Gasteiger partial charge in [-0.2, -0.15) is 0 Å². The largest absolute Gasteiger partial charge is 0.436 e. The van der Waals surface area contributed by atoms with E-state index in [9.17, 15) is 4.79 Å². The molecule has 3 heterocycles. The number of rotatable bonds is 5. The minimum atomic E-state index is -0.101. The molecular formula is C22H18N4O3S. The van der Waals surface area contributed by atoms with Crippen molar-refractivity contribution in [3.05, 3.63) is 71.5 Å². The molecule has 0 N–H and O–H groups in total. The van der Waals surface area contributed by atoms with Gasteiger partial charge in [-0.3, -0.25) is 4.79 Å². The van der Waals surface area contributed by atoms with E-state index >= 15 is 0 Å². The third kappa shape index (κ3) is 3.74. The Morgan fingerprint density at radius 1 is 1.00 bits per heavy atom. The van der Waals surface area contributed by atoms with Crippen LogP contribution in [0.5, 0.6) is 11.6 Å². The van der Waals surface area contributed by atoms with E-state index in [0.29, 0.717) is 41.2 Å². The molecule has 4 aromatic rings. The summed E-state index contributed by atoms with van der Waals surface area (Å²) in [5, 5.41) is 0.480. The Bertz CT molecular complexity index is 1150. The van der Waals surface area contributed by atoms with Crippen LogP contribution >= 0.6 is 11.3 Å². The number of ketones is 1. The van der Waals surface area contributed by atoms with E-state index < -0.39 is 0 Å². The highest BCUT2D eigenvalue weighted by Crippen LogP contribution is 2.29. The molecule has 0 spiro atoms. The van der Waals surface area contributed by atoms with Gasteiger partial charge >= 0.3 is 0 Å². The van der Waals surface area contributed by atoms with E-state index in [-0.39, 0.29) is 5.78 Å². The van der Waals surface area contributed by atoms with Gasteiger partial charge in [-0.1, -0.05) is 12.1 Å². The maximum atomic E-state index is 12.8. The number of carbonyl (C=O) groups excluding carboxylic acids is 1. The van der Waals surface area contributed by atoms with E-state index in [1.165, 1.54) is 11.3 Å². The molecule has 0 amide bonds. The number of fused-ring (bicyclic) bond motifs is 1. The highest BCUT2D eigenvalue weighted by Gasteiger charge is 2.19. The smallest absolute Gasteiger partial charge is 0.263 e. The third-order valence-electron chi connectivity index (χ3n) is 4.78. The molecule has 5 rings (SSSR count). The van der Waals surface area contributed by atoms with E-state index in [1.54, 1.807) is 36.7 Å². The zero-order valence-corrected chi connectivity index (χ0v) is 16.8. The van der Waals surface area contributed by atoms with Crippen LogP contribution in [0.25, 0.3) is 10.2 Å². The van der Waals surface area contributed by atoms with E-state index in [4.69, 9.17) is 9.47 Å². The molecule has 0 saturated carbocycles. The van der Waals surface area contributed by atoms with Crippen molar-refractivity contribution in [1.82, 2.24) is 15.0 Å². The lowest BCUT2D eigenvalue weighted by molar-refractivity contribution is 0.103. The lowest BCUT2D eigenvalue weighted by Gasteiger charge is -2.28. The number of anilines is 1. The molecule has 0 atom stereocenters. The number of para-hydroxylation sites is 1. The predicted octanol–water partition coefficient (Wildman–Crippen LogP) is 3.95. The molecule has 0 bridgehead atoms. The summed E-state index contributed by atoms with van der Waals surface area (Å²) in [7, 11) is 0. The monoisotopic (exact) mass is 418 g/mol. The lowest BCUT2D eigenvalue weighted by atomic mass is 10.1. The summed E-state index contributed by atoms with van der Waals surface area (Å²) >= 11 is 1.40. The van der Waals surface area contributed by atoms with Crippen molar-refractivity contribution in [2.45, 2.75) is 0 Å². The maximum Gasteiger partial charge on any atom is 0.263 e. The molecule has 0 radical (unpaired) electrons. The van der Waals surface area contributed by atoms with Gasteiger partial charge < -0.3 is 14.4 Å². The van der Waals surface area contributed by atoms with Crippen molar-refractivity contribution in [2.24, 2.45) is 0 Å². The van der Waals surface area contributed by atoms with Crippen LogP contribution in [-0.2, 0) is 4.74 Å². The molecule has 0 unspecified atom stereocenters. The Balaban J connectivity index is 1.35. The Kier molecular flexibility index (Phi) is 5.08. The topological polar surface area (TPSA) is 77.4 Å². The number of carbonyl (C=O) groups is 1. The summed E-state index contributed by atoms with van der Waals surface area (Å²) in [5.74, 6) is 1.61. The van der Waals surface area contributed by atoms with Crippen LogP contribution in [0.2, 0.25) is 0 Å². The Morgan fingerprint density at radius 2 is 1.77 bits per heavy atom. The minimum Gasteiger partial charge on any atom is -0.436 e. The molecule has 2 aromatic carbocycles. The van der Waals surface area contributed by atoms with Gasteiger partial charge in [0.1, 0.15) is 5.75 Å². The summed E-state index contributed by atoms with van der Waals surface area (Å²) in [6, 6.07) is 14.7. The molecular weight excluding hydrogens is 400 g/mol. The fourth-order valence-electron chi connectivity index (χ4n) is 3.26. The lowest BCUT2D eigenvalue weighted by Crippen LogP contribution is -2.37. The molecule has 1 aliphatic rings. The van der Waals surface area contributed by atoms with Crippen molar-refractivity contribution < 1.29 is 14.3 Å². The van der Waals surface area contributed by atoms with Gasteiger partial charge in [0, 0.05) is 31.0 Å². The normalized spacial score (nSPS) is 14.1. The Hall–Kier alpha value is -3.36. The van der Waals surface area contributed by atoms with Crippen LogP contribution in [0.1, 0.15) is 15.4 Å². The van der Waals surface area contributed by atoms with E-state index in [2.05, 4.69) is 19.9 Å². The fraction of sp³-hybridized carbons (Fsp3) is 0.182. The second-order valence-electron chi connectivity index (χ2n) is 6.73. The summed E-state index contributed by atoms with van der Waals surface area (Å²) < 4.78 is 12.4. The molecule has 1 fully saturated rings. The number of nitrogens with zero attached hydrogens (tertiary/aromatic N) is 4. The van der Waals surface area contributed by atoms with Crippen molar-refractivity contribution in [2.75, 3.05) is 31.2 Å². The fourth-order valence-corrected chi connectivity index (χ4v) is 4.19.